The molecule has 0 aromatic rings. The molecule has 0 aliphatic heterocycles. The van der Waals surface area contributed by atoms with Crippen LogP contribution in [0.4, 0.5) is 0 Å². The molecule has 0 saturated carbocycles. The van der Waals surface area contributed by atoms with E-state index in [0.717, 1.165) is 0 Å². The molecule has 1 N–H and O–H groups in total. The molecule has 0 aromatic carbocycles. The molecule has 1 unspecified atom stereocenters. The van der Waals surface area contributed by atoms with Gasteiger partial charge in [-0.15, -0.1) is 6.42 Å². The average molecular weight is 197 g/mol. The highest BCUT2D eigenvalue weighted by atomic mass is 16.4. The molecule has 0 bridgehead atoms. The Labute approximate surface area is 83.9 Å². The lowest BCUT2D eigenvalue weighted by molar-refractivity contribution is -0.145. The van der Waals surface area contributed by atoms with Crippen LogP contribution in [0.1, 0.15) is 26.7 Å². The Morgan fingerprint density at radius 3 is 2.50 bits per heavy atom. The zero-order valence-corrected chi connectivity index (χ0v) is 8.49. The van der Waals surface area contributed by atoms with E-state index in [2.05, 4.69) is 5.92 Å². The SMILES string of the molecule is C#CCC(=O)N(CC(=O)O)C(C)CC. The molecule has 0 rings (SSSR count). The minimum Gasteiger partial charge on any atom is -0.480 e. The molecule has 1 amide bonds. The van der Waals surface area contributed by atoms with Gasteiger partial charge in [-0.1, -0.05) is 12.8 Å². The van der Waals surface area contributed by atoms with Gasteiger partial charge >= 0.3 is 5.97 Å². The molecule has 0 saturated heterocycles. The molecule has 14 heavy (non-hydrogen) atoms. The van der Waals surface area contributed by atoms with Gasteiger partial charge in [0.05, 0.1) is 6.42 Å². The molecular formula is C10H15NO3. The summed E-state index contributed by atoms with van der Waals surface area (Å²) in [6, 6.07) is -0.0908. The second kappa shape index (κ2) is 6.03. The monoisotopic (exact) mass is 197 g/mol. The van der Waals surface area contributed by atoms with Crippen molar-refractivity contribution in [1.82, 2.24) is 4.90 Å². The van der Waals surface area contributed by atoms with Crippen LogP contribution in [0.3, 0.4) is 0 Å². The minimum absolute atomic E-state index is 0.0440. The molecule has 0 spiro atoms. The van der Waals surface area contributed by atoms with Crippen LogP contribution in [0, 0.1) is 12.3 Å². The normalized spacial score (nSPS) is 11.5. The van der Waals surface area contributed by atoms with Crippen LogP contribution in [0.5, 0.6) is 0 Å². The Balaban J connectivity index is 4.47. The van der Waals surface area contributed by atoms with Gasteiger partial charge in [-0.2, -0.15) is 0 Å². The highest BCUT2D eigenvalue weighted by molar-refractivity contribution is 5.83. The Morgan fingerprint density at radius 2 is 2.14 bits per heavy atom. The third-order valence-corrected chi connectivity index (χ3v) is 2.00. The van der Waals surface area contributed by atoms with Crippen molar-refractivity contribution in [3.8, 4) is 12.3 Å². The van der Waals surface area contributed by atoms with Crippen molar-refractivity contribution in [3.05, 3.63) is 0 Å². The van der Waals surface area contributed by atoms with Crippen LogP contribution in [-0.2, 0) is 9.59 Å². The van der Waals surface area contributed by atoms with E-state index in [1.54, 1.807) is 6.92 Å². The average Bonchev–Trinajstić information content (AvgIpc) is 2.13. The van der Waals surface area contributed by atoms with E-state index in [1.807, 2.05) is 6.92 Å². The van der Waals surface area contributed by atoms with Gasteiger partial charge in [0.2, 0.25) is 5.91 Å². The van der Waals surface area contributed by atoms with Crippen LogP contribution < -0.4 is 0 Å². The number of hydrogen-bond donors (Lipinski definition) is 1. The first kappa shape index (κ1) is 12.5. The topological polar surface area (TPSA) is 57.6 Å². The molecule has 78 valence electrons. The van der Waals surface area contributed by atoms with Crippen molar-refractivity contribution in [2.45, 2.75) is 32.7 Å². The fourth-order valence-corrected chi connectivity index (χ4v) is 1.04. The summed E-state index contributed by atoms with van der Waals surface area (Å²) in [5.74, 6) is 0.896. The summed E-state index contributed by atoms with van der Waals surface area (Å²) in [6.07, 6.45) is 5.66. The van der Waals surface area contributed by atoms with E-state index in [1.165, 1.54) is 4.90 Å². The van der Waals surface area contributed by atoms with Crippen LogP contribution >= 0.6 is 0 Å². The zero-order valence-electron chi connectivity index (χ0n) is 8.49. The van der Waals surface area contributed by atoms with Gasteiger partial charge in [-0.3, -0.25) is 9.59 Å². The minimum atomic E-state index is -1.02. The number of amides is 1. The van der Waals surface area contributed by atoms with E-state index < -0.39 is 5.97 Å². The van der Waals surface area contributed by atoms with Crippen molar-refractivity contribution >= 4 is 11.9 Å². The second-order valence-electron chi connectivity index (χ2n) is 3.05. The standard InChI is InChI=1S/C10H15NO3/c1-4-6-9(12)11(7-10(13)14)8(3)5-2/h1,8H,5-7H2,2-3H3,(H,13,14). The first-order chi connectivity index (χ1) is 6.52. The summed E-state index contributed by atoms with van der Waals surface area (Å²) in [4.78, 5) is 23.2. The number of aliphatic carboxylic acids is 1. The summed E-state index contributed by atoms with van der Waals surface area (Å²) in [6.45, 7) is 3.41. The highest BCUT2D eigenvalue weighted by Gasteiger charge is 2.20. The summed E-state index contributed by atoms with van der Waals surface area (Å²) >= 11 is 0. The summed E-state index contributed by atoms with van der Waals surface area (Å²) in [5, 5.41) is 8.60. The fraction of sp³-hybridized carbons (Fsp3) is 0.600. The Hall–Kier alpha value is -1.50. The maximum Gasteiger partial charge on any atom is 0.323 e. The number of terminal acetylenes is 1. The van der Waals surface area contributed by atoms with Crippen molar-refractivity contribution in [2.75, 3.05) is 6.54 Å². The maximum atomic E-state index is 11.4. The number of hydrogen-bond acceptors (Lipinski definition) is 2. The number of rotatable bonds is 5. The van der Waals surface area contributed by atoms with Crippen LogP contribution in [0.2, 0.25) is 0 Å². The lowest BCUT2D eigenvalue weighted by Gasteiger charge is -2.26. The number of carboxylic acid groups (broad SMARTS) is 1. The van der Waals surface area contributed by atoms with Gasteiger partial charge in [0.1, 0.15) is 6.54 Å². The van der Waals surface area contributed by atoms with Gasteiger partial charge < -0.3 is 10.0 Å². The molecule has 1 atom stereocenters. The Kier molecular flexibility index (Phi) is 5.38. The summed E-state index contributed by atoms with van der Waals surface area (Å²) in [5.41, 5.74) is 0. The highest BCUT2D eigenvalue weighted by Crippen LogP contribution is 2.05. The smallest absolute Gasteiger partial charge is 0.323 e. The van der Waals surface area contributed by atoms with Crippen LogP contribution in [0.25, 0.3) is 0 Å². The van der Waals surface area contributed by atoms with Crippen molar-refractivity contribution in [1.29, 1.82) is 0 Å². The number of carbonyl (C=O) groups excluding carboxylic acids is 1. The molecule has 0 aliphatic carbocycles. The number of carbonyl (C=O) groups is 2. The van der Waals surface area contributed by atoms with Crippen molar-refractivity contribution in [3.63, 3.8) is 0 Å². The van der Waals surface area contributed by atoms with Gasteiger partial charge in [-0.25, -0.2) is 0 Å². The first-order valence-electron chi connectivity index (χ1n) is 4.47. The third-order valence-electron chi connectivity index (χ3n) is 2.00. The Bertz CT molecular complexity index is 255. The van der Waals surface area contributed by atoms with E-state index in [0.29, 0.717) is 6.42 Å². The molecule has 0 heterocycles. The summed E-state index contributed by atoms with van der Waals surface area (Å²) in [7, 11) is 0. The van der Waals surface area contributed by atoms with E-state index in [9.17, 15) is 9.59 Å². The Morgan fingerprint density at radius 1 is 1.57 bits per heavy atom. The first-order valence-corrected chi connectivity index (χ1v) is 4.47. The predicted molar refractivity (Wildman–Crippen MR) is 52.6 cm³/mol. The fourth-order valence-electron chi connectivity index (χ4n) is 1.04. The van der Waals surface area contributed by atoms with Crippen LogP contribution in [-0.4, -0.2) is 34.5 Å². The van der Waals surface area contributed by atoms with E-state index in [-0.39, 0.29) is 24.9 Å². The zero-order chi connectivity index (χ0) is 11.1. The van der Waals surface area contributed by atoms with Gasteiger partial charge in [0.25, 0.3) is 0 Å². The largest absolute Gasteiger partial charge is 0.480 e. The third kappa shape index (κ3) is 3.94. The van der Waals surface area contributed by atoms with Crippen molar-refractivity contribution < 1.29 is 14.7 Å². The lowest BCUT2D eigenvalue weighted by Crippen LogP contribution is -2.41. The molecule has 0 radical (unpaired) electrons. The molecule has 4 nitrogen and oxygen atoms in total. The molecule has 0 aliphatic rings. The van der Waals surface area contributed by atoms with Crippen LogP contribution in [0.15, 0.2) is 0 Å². The summed E-state index contributed by atoms with van der Waals surface area (Å²) < 4.78 is 0. The molecule has 0 fully saturated rings. The number of nitrogens with zero attached hydrogens (tertiary/aromatic N) is 1. The van der Waals surface area contributed by atoms with Crippen molar-refractivity contribution in [2.24, 2.45) is 0 Å². The maximum absolute atomic E-state index is 11.4. The quantitative estimate of drug-likeness (QED) is 0.661. The second-order valence-corrected chi connectivity index (χ2v) is 3.05. The lowest BCUT2D eigenvalue weighted by atomic mass is 10.2. The van der Waals surface area contributed by atoms with Gasteiger partial charge in [0.15, 0.2) is 0 Å². The predicted octanol–water partition coefficient (Wildman–Crippen LogP) is 0.721. The van der Waals surface area contributed by atoms with Gasteiger partial charge in [-0.05, 0) is 13.3 Å². The number of carboxylic acids is 1. The molecule has 4 heteroatoms. The van der Waals surface area contributed by atoms with E-state index >= 15 is 0 Å². The van der Waals surface area contributed by atoms with E-state index in [4.69, 9.17) is 11.5 Å². The van der Waals surface area contributed by atoms with Gasteiger partial charge in [0, 0.05) is 6.04 Å². The molecular weight excluding hydrogens is 182 g/mol. The molecule has 0 aromatic heterocycles.